The van der Waals surface area contributed by atoms with E-state index in [4.69, 9.17) is 21.1 Å². The van der Waals surface area contributed by atoms with Crippen LogP contribution < -0.4 is 10.1 Å². The van der Waals surface area contributed by atoms with Crippen molar-refractivity contribution < 1.29 is 22.7 Å². The van der Waals surface area contributed by atoms with Crippen molar-refractivity contribution in [3.8, 4) is 5.75 Å². The number of ether oxygens (including phenoxy) is 2. The maximum absolute atomic E-state index is 12.8. The molecule has 1 saturated heterocycles. The highest BCUT2D eigenvalue weighted by atomic mass is 35.5. The summed E-state index contributed by atoms with van der Waals surface area (Å²) in [6.45, 7) is 5.99. The fraction of sp³-hybridized carbons (Fsp3) is 0.588. The molecule has 1 fully saturated rings. The van der Waals surface area contributed by atoms with Crippen molar-refractivity contribution in [2.75, 3.05) is 59.6 Å². The molecule has 0 radical (unpaired) electrons. The van der Waals surface area contributed by atoms with Gasteiger partial charge in [-0.05, 0) is 25.1 Å². The van der Waals surface area contributed by atoms with E-state index in [1.165, 1.54) is 19.2 Å². The second-order valence-corrected chi connectivity index (χ2v) is 8.54. The third kappa shape index (κ3) is 6.32. The lowest BCUT2D eigenvalue weighted by Crippen LogP contribution is -2.43. The summed E-state index contributed by atoms with van der Waals surface area (Å²) < 4.78 is 37.3. The monoisotopic (exact) mass is 419 g/mol. The van der Waals surface area contributed by atoms with Crippen LogP contribution in [0, 0.1) is 0 Å². The van der Waals surface area contributed by atoms with Gasteiger partial charge in [0.25, 0.3) is 0 Å². The van der Waals surface area contributed by atoms with E-state index in [1.54, 1.807) is 13.0 Å². The molecule has 27 heavy (non-hydrogen) atoms. The van der Waals surface area contributed by atoms with Crippen molar-refractivity contribution in [1.29, 1.82) is 0 Å². The SMILES string of the molecule is CCOc1ccc(Cl)cc1S(=O)(=O)N(C)CC(=O)NCCN1CCOCC1. The molecule has 1 amide bonds. The van der Waals surface area contributed by atoms with Gasteiger partial charge in [-0.3, -0.25) is 9.69 Å². The molecule has 0 bridgehead atoms. The Labute approximate surface area is 165 Å². The first-order valence-corrected chi connectivity index (χ1v) is 10.6. The van der Waals surface area contributed by atoms with E-state index < -0.39 is 10.0 Å². The quantitative estimate of drug-likeness (QED) is 0.637. The summed E-state index contributed by atoms with van der Waals surface area (Å²) in [5.41, 5.74) is 0. The van der Waals surface area contributed by atoms with Crippen LogP contribution in [-0.2, 0) is 19.6 Å². The number of rotatable bonds is 9. The van der Waals surface area contributed by atoms with E-state index in [-0.39, 0.29) is 28.1 Å². The molecular formula is C17H26ClN3O5S. The number of hydrogen-bond acceptors (Lipinski definition) is 6. The van der Waals surface area contributed by atoms with Gasteiger partial charge in [0, 0.05) is 38.2 Å². The van der Waals surface area contributed by atoms with Crippen molar-refractivity contribution in [3.63, 3.8) is 0 Å². The Morgan fingerprint density at radius 3 is 2.74 bits per heavy atom. The van der Waals surface area contributed by atoms with Gasteiger partial charge in [0.1, 0.15) is 10.6 Å². The van der Waals surface area contributed by atoms with Crippen LogP contribution in [0.5, 0.6) is 5.75 Å². The highest BCUT2D eigenvalue weighted by Gasteiger charge is 2.27. The zero-order valence-electron chi connectivity index (χ0n) is 15.6. The molecule has 1 aromatic carbocycles. The van der Waals surface area contributed by atoms with Gasteiger partial charge in [0.15, 0.2) is 0 Å². The highest BCUT2D eigenvalue weighted by Crippen LogP contribution is 2.29. The number of hydrogen-bond donors (Lipinski definition) is 1. The minimum absolute atomic E-state index is 0.0551. The number of nitrogens with one attached hydrogen (secondary N) is 1. The van der Waals surface area contributed by atoms with Gasteiger partial charge in [-0.15, -0.1) is 0 Å². The molecule has 1 aliphatic heterocycles. The molecular weight excluding hydrogens is 394 g/mol. The van der Waals surface area contributed by atoms with Gasteiger partial charge in [0.2, 0.25) is 15.9 Å². The lowest BCUT2D eigenvalue weighted by Gasteiger charge is -2.26. The number of sulfonamides is 1. The lowest BCUT2D eigenvalue weighted by atomic mass is 10.3. The van der Waals surface area contributed by atoms with Crippen molar-refractivity contribution in [1.82, 2.24) is 14.5 Å². The van der Waals surface area contributed by atoms with Gasteiger partial charge in [-0.25, -0.2) is 8.42 Å². The van der Waals surface area contributed by atoms with E-state index >= 15 is 0 Å². The third-order valence-corrected chi connectivity index (χ3v) is 6.17. The van der Waals surface area contributed by atoms with Gasteiger partial charge in [0.05, 0.1) is 26.4 Å². The van der Waals surface area contributed by atoms with Crippen LogP contribution in [-0.4, -0.2) is 83.1 Å². The summed E-state index contributed by atoms with van der Waals surface area (Å²) in [4.78, 5) is 14.3. The standard InChI is InChI=1S/C17H26ClN3O5S/c1-3-26-15-5-4-14(18)12-16(15)27(23,24)20(2)13-17(22)19-6-7-21-8-10-25-11-9-21/h4-5,12H,3,6-11,13H2,1-2H3,(H,19,22). The van der Waals surface area contributed by atoms with Crippen molar-refractivity contribution >= 4 is 27.5 Å². The van der Waals surface area contributed by atoms with E-state index in [0.717, 1.165) is 17.4 Å². The van der Waals surface area contributed by atoms with Gasteiger partial charge < -0.3 is 14.8 Å². The van der Waals surface area contributed by atoms with Crippen LogP contribution >= 0.6 is 11.6 Å². The first-order valence-electron chi connectivity index (χ1n) is 8.80. The molecule has 1 N–H and O–H groups in total. The topological polar surface area (TPSA) is 88.2 Å². The maximum atomic E-state index is 12.8. The Bertz CT molecular complexity index is 738. The summed E-state index contributed by atoms with van der Waals surface area (Å²) in [5.74, 6) is -0.157. The molecule has 0 saturated carbocycles. The van der Waals surface area contributed by atoms with Crippen LogP contribution in [0.25, 0.3) is 0 Å². The molecule has 10 heteroatoms. The number of amides is 1. The summed E-state index contributed by atoms with van der Waals surface area (Å²) >= 11 is 5.94. The normalized spacial score (nSPS) is 15.7. The Hall–Kier alpha value is -1.39. The fourth-order valence-electron chi connectivity index (χ4n) is 2.65. The molecule has 152 valence electrons. The van der Waals surface area contributed by atoms with Gasteiger partial charge >= 0.3 is 0 Å². The van der Waals surface area contributed by atoms with E-state index in [1.807, 2.05) is 0 Å². The minimum Gasteiger partial charge on any atom is -0.492 e. The molecule has 1 heterocycles. The van der Waals surface area contributed by atoms with Crippen LogP contribution in [0.1, 0.15) is 6.92 Å². The summed E-state index contributed by atoms with van der Waals surface area (Å²) in [5, 5.41) is 3.03. The van der Waals surface area contributed by atoms with Gasteiger partial charge in [-0.1, -0.05) is 11.6 Å². The first kappa shape index (κ1) is 21.9. The highest BCUT2D eigenvalue weighted by molar-refractivity contribution is 7.89. The number of nitrogens with zero attached hydrogens (tertiary/aromatic N) is 2. The molecule has 1 aromatic rings. The predicted octanol–water partition coefficient (Wildman–Crippen LogP) is 0.808. The lowest BCUT2D eigenvalue weighted by molar-refractivity contribution is -0.121. The van der Waals surface area contributed by atoms with Crippen LogP contribution in [0.2, 0.25) is 5.02 Å². The molecule has 0 aliphatic carbocycles. The average Bonchev–Trinajstić information content (AvgIpc) is 2.64. The van der Waals surface area contributed by atoms with Gasteiger partial charge in [-0.2, -0.15) is 4.31 Å². The summed E-state index contributed by atoms with van der Waals surface area (Å²) in [7, 11) is -2.56. The molecule has 0 aromatic heterocycles. The summed E-state index contributed by atoms with van der Waals surface area (Å²) in [6, 6.07) is 4.40. The first-order chi connectivity index (χ1) is 12.8. The Kier molecular flexibility index (Phi) is 8.30. The molecule has 0 spiro atoms. The molecule has 1 aliphatic rings. The fourth-order valence-corrected chi connectivity index (χ4v) is 4.16. The van der Waals surface area contributed by atoms with Crippen LogP contribution in [0.3, 0.4) is 0 Å². The minimum atomic E-state index is -3.92. The number of likely N-dealkylation sites (N-methyl/N-ethyl adjacent to an activating group) is 1. The van der Waals surface area contributed by atoms with Crippen LogP contribution in [0.15, 0.2) is 23.1 Å². The van der Waals surface area contributed by atoms with E-state index in [9.17, 15) is 13.2 Å². The molecule has 0 unspecified atom stereocenters. The van der Waals surface area contributed by atoms with Crippen LogP contribution in [0.4, 0.5) is 0 Å². The second-order valence-electron chi connectivity index (χ2n) is 6.09. The molecule has 0 atom stereocenters. The van der Waals surface area contributed by atoms with E-state index in [2.05, 4.69) is 10.2 Å². The molecule has 2 rings (SSSR count). The third-order valence-electron chi connectivity index (χ3n) is 4.11. The zero-order valence-corrected chi connectivity index (χ0v) is 17.2. The van der Waals surface area contributed by atoms with Crippen molar-refractivity contribution in [2.45, 2.75) is 11.8 Å². The molecule has 8 nitrogen and oxygen atoms in total. The Morgan fingerprint density at radius 1 is 1.37 bits per heavy atom. The number of halogens is 1. The van der Waals surface area contributed by atoms with Crippen molar-refractivity contribution in [2.24, 2.45) is 0 Å². The predicted molar refractivity (Wildman–Crippen MR) is 103 cm³/mol. The maximum Gasteiger partial charge on any atom is 0.247 e. The number of benzene rings is 1. The zero-order chi connectivity index (χ0) is 19.9. The van der Waals surface area contributed by atoms with Crippen molar-refractivity contribution in [3.05, 3.63) is 23.2 Å². The number of morpholine rings is 1. The Balaban J connectivity index is 1.94. The smallest absolute Gasteiger partial charge is 0.247 e. The second kappa shape index (κ2) is 10.2. The number of carbonyl (C=O) groups excluding carboxylic acids is 1. The summed E-state index contributed by atoms with van der Waals surface area (Å²) in [6.07, 6.45) is 0. The van der Waals surface area contributed by atoms with E-state index in [0.29, 0.717) is 32.9 Å². The average molecular weight is 420 g/mol. The largest absolute Gasteiger partial charge is 0.492 e. The number of carbonyl (C=O) groups is 1. The Morgan fingerprint density at radius 2 is 2.07 bits per heavy atom.